The number of carbonyl (C=O) groups is 1. The van der Waals surface area contributed by atoms with Crippen molar-refractivity contribution in [3.05, 3.63) is 48.7 Å². The third kappa shape index (κ3) is 6.90. The molecule has 1 aliphatic heterocycles. The zero-order valence-electron chi connectivity index (χ0n) is 17.2. The van der Waals surface area contributed by atoms with Gasteiger partial charge in [0.1, 0.15) is 4.90 Å². The topological polar surface area (TPSA) is 120 Å². The predicted octanol–water partition coefficient (Wildman–Crippen LogP) is 0.994. The van der Waals surface area contributed by atoms with E-state index in [0.29, 0.717) is 44.4 Å². The summed E-state index contributed by atoms with van der Waals surface area (Å²) in [5.41, 5.74) is 0. The number of piperazine rings is 1. The molecule has 0 bridgehead atoms. The largest absolute Gasteiger partial charge is 0.459 e. The Kier molecular flexibility index (Phi) is 9.71. The lowest BCUT2D eigenvalue weighted by Gasteiger charge is -2.36. The molecule has 3 heterocycles. The minimum Gasteiger partial charge on any atom is -0.459 e. The number of aliphatic imine (C=N–C) groups is 1. The van der Waals surface area contributed by atoms with Crippen molar-refractivity contribution in [1.29, 1.82) is 0 Å². The van der Waals surface area contributed by atoms with Crippen LogP contribution in [-0.2, 0) is 10.0 Å². The molecular weight excluding hydrogens is 535 g/mol. The van der Waals surface area contributed by atoms with Gasteiger partial charge in [0.15, 0.2) is 11.7 Å². The fraction of sp³-hybridized carbons (Fsp3) is 0.421. The standard InChI is InChI=1S/C19H26N6O4S.HI/c1-2-21-19(22-8-9-23-30(27,28)16-5-3-7-20-15-16)25-12-10-24(11-13-25)18(26)17-6-4-14-29-17;/h3-7,14-15,23H,2,8-13H2,1H3,(H,21,22);1H. The number of hydrogen-bond donors (Lipinski definition) is 2. The van der Waals surface area contributed by atoms with Crippen LogP contribution in [0, 0.1) is 0 Å². The number of sulfonamides is 1. The van der Waals surface area contributed by atoms with Crippen molar-refractivity contribution in [3.63, 3.8) is 0 Å². The Hall–Kier alpha value is -2.19. The van der Waals surface area contributed by atoms with Gasteiger partial charge in [-0.25, -0.2) is 13.1 Å². The molecule has 2 aromatic rings. The zero-order valence-corrected chi connectivity index (χ0v) is 20.4. The number of aromatic nitrogens is 1. The summed E-state index contributed by atoms with van der Waals surface area (Å²) in [5.74, 6) is 0.916. The van der Waals surface area contributed by atoms with Crippen LogP contribution in [0.5, 0.6) is 0 Å². The summed E-state index contributed by atoms with van der Waals surface area (Å²) in [6.07, 6.45) is 4.31. The quantitative estimate of drug-likeness (QED) is 0.224. The maximum Gasteiger partial charge on any atom is 0.289 e. The van der Waals surface area contributed by atoms with Gasteiger partial charge in [0.05, 0.1) is 12.8 Å². The van der Waals surface area contributed by atoms with Crippen LogP contribution >= 0.6 is 24.0 Å². The Morgan fingerprint density at radius 1 is 1.19 bits per heavy atom. The van der Waals surface area contributed by atoms with Crippen molar-refractivity contribution in [2.45, 2.75) is 11.8 Å². The number of hydrogen-bond acceptors (Lipinski definition) is 6. The fourth-order valence-corrected chi connectivity index (χ4v) is 4.02. The molecule has 170 valence electrons. The number of carbonyl (C=O) groups excluding carboxylic acids is 1. The van der Waals surface area contributed by atoms with Crippen LogP contribution in [0.1, 0.15) is 17.5 Å². The molecule has 0 saturated carbocycles. The Bertz CT molecular complexity index is 945. The van der Waals surface area contributed by atoms with E-state index in [4.69, 9.17) is 4.42 Å². The van der Waals surface area contributed by atoms with Gasteiger partial charge in [0.25, 0.3) is 5.91 Å². The number of guanidine groups is 1. The molecule has 12 heteroatoms. The molecule has 2 aromatic heterocycles. The molecule has 0 atom stereocenters. The third-order valence-corrected chi connectivity index (χ3v) is 5.99. The van der Waals surface area contributed by atoms with E-state index in [-0.39, 0.29) is 47.9 Å². The number of rotatable bonds is 7. The van der Waals surface area contributed by atoms with Crippen LogP contribution in [0.2, 0.25) is 0 Å². The second kappa shape index (κ2) is 12.0. The molecule has 1 aliphatic rings. The van der Waals surface area contributed by atoms with E-state index in [9.17, 15) is 13.2 Å². The molecule has 0 unspecified atom stereocenters. The Morgan fingerprint density at radius 2 is 1.94 bits per heavy atom. The molecule has 0 aliphatic carbocycles. The SMILES string of the molecule is CCNC(=NCCNS(=O)(=O)c1cccnc1)N1CCN(C(=O)c2ccco2)CC1.I. The summed E-state index contributed by atoms with van der Waals surface area (Å²) in [4.78, 5) is 24.7. The van der Waals surface area contributed by atoms with Gasteiger partial charge in [-0.05, 0) is 31.2 Å². The van der Waals surface area contributed by atoms with E-state index in [0.717, 1.165) is 0 Å². The highest BCUT2D eigenvalue weighted by atomic mass is 127. The molecule has 0 radical (unpaired) electrons. The van der Waals surface area contributed by atoms with E-state index < -0.39 is 10.0 Å². The van der Waals surface area contributed by atoms with Gasteiger partial charge in [0.2, 0.25) is 10.0 Å². The fourth-order valence-electron chi connectivity index (χ4n) is 3.03. The van der Waals surface area contributed by atoms with E-state index in [2.05, 4.69) is 24.9 Å². The highest BCUT2D eigenvalue weighted by molar-refractivity contribution is 14.0. The highest BCUT2D eigenvalue weighted by Gasteiger charge is 2.25. The Balaban J connectivity index is 0.00000341. The predicted molar refractivity (Wildman–Crippen MR) is 127 cm³/mol. The number of furan rings is 1. The minimum atomic E-state index is -3.60. The minimum absolute atomic E-state index is 0. The lowest BCUT2D eigenvalue weighted by Crippen LogP contribution is -2.53. The van der Waals surface area contributed by atoms with Crippen molar-refractivity contribution in [1.82, 2.24) is 24.8 Å². The van der Waals surface area contributed by atoms with Crippen molar-refractivity contribution < 1.29 is 17.6 Å². The summed E-state index contributed by atoms with van der Waals surface area (Å²) in [6, 6.07) is 6.42. The lowest BCUT2D eigenvalue weighted by molar-refractivity contribution is 0.0657. The van der Waals surface area contributed by atoms with Crippen molar-refractivity contribution in [2.24, 2.45) is 4.99 Å². The normalized spacial score (nSPS) is 14.8. The first-order valence-corrected chi connectivity index (χ1v) is 11.3. The van der Waals surface area contributed by atoms with E-state index in [1.54, 1.807) is 23.1 Å². The van der Waals surface area contributed by atoms with E-state index in [1.165, 1.54) is 24.7 Å². The summed E-state index contributed by atoms with van der Waals surface area (Å²) in [6.45, 7) is 5.47. The summed E-state index contributed by atoms with van der Waals surface area (Å²) in [5, 5.41) is 3.22. The number of pyridine rings is 1. The summed E-state index contributed by atoms with van der Waals surface area (Å²) < 4.78 is 32.2. The smallest absolute Gasteiger partial charge is 0.289 e. The molecular formula is C19H27IN6O4S. The Morgan fingerprint density at radius 3 is 2.55 bits per heavy atom. The van der Waals surface area contributed by atoms with Gasteiger partial charge >= 0.3 is 0 Å². The van der Waals surface area contributed by atoms with Crippen molar-refractivity contribution >= 4 is 45.9 Å². The molecule has 1 saturated heterocycles. The molecule has 1 fully saturated rings. The van der Waals surface area contributed by atoms with Gasteiger partial charge in [-0.1, -0.05) is 0 Å². The zero-order chi connectivity index (χ0) is 21.4. The summed E-state index contributed by atoms with van der Waals surface area (Å²) in [7, 11) is -3.60. The van der Waals surface area contributed by atoms with E-state index in [1.807, 2.05) is 6.92 Å². The maximum absolute atomic E-state index is 12.4. The highest BCUT2D eigenvalue weighted by Crippen LogP contribution is 2.10. The second-order valence-electron chi connectivity index (χ2n) is 6.58. The van der Waals surface area contributed by atoms with Crippen LogP contribution in [-0.4, -0.2) is 80.9 Å². The number of nitrogens with zero attached hydrogens (tertiary/aromatic N) is 4. The van der Waals surface area contributed by atoms with E-state index >= 15 is 0 Å². The molecule has 1 amide bonds. The van der Waals surface area contributed by atoms with Crippen LogP contribution < -0.4 is 10.0 Å². The Labute approximate surface area is 199 Å². The monoisotopic (exact) mass is 562 g/mol. The average Bonchev–Trinajstić information content (AvgIpc) is 3.31. The van der Waals surface area contributed by atoms with Gasteiger partial charge in [-0.15, -0.1) is 24.0 Å². The number of nitrogens with one attached hydrogen (secondary N) is 2. The molecule has 0 aromatic carbocycles. The molecule has 31 heavy (non-hydrogen) atoms. The van der Waals surface area contributed by atoms with Gasteiger partial charge in [-0.3, -0.25) is 14.8 Å². The van der Waals surface area contributed by atoms with Crippen molar-refractivity contribution in [2.75, 3.05) is 45.8 Å². The number of amides is 1. The third-order valence-electron chi connectivity index (χ3n) is 4.54. The average molecular weight is 562 g/mol. The molecule has 3 rings (SSSR count). The van der Waals surface area contributed by atoms with Gasteiger partial charge in [0, 0.05) is 51.7 Å². The first-order valence-electron chi connectivity index (χ1n) is 9.77. The molecule has 10 nitrogen and oxygen atoms in total. The van der Waals surface area contributed by atoms with Crippen LogP contribution in [0.4, 0.5) is 0 Å². The first-order chi connectivity index (χ1) is 14.5. The molecule has 0 spiro atoms. The maximum atomic E-state index is 12.4. The van der Waals surface area contributed by atoms with Gasteiger partial charge < -0.3 is 19.5 Å². The lowest BCUT2D eigenvalue weighted by atomic mass is 10.3. The first kappa shape index (κ1) is 25.1. The molecule has 2 N–H and O–H groups in total. The number of halogens is 1. The summed E-state index contributed by atoms with van der Waals surface area (Å²) >= 11 is 0. The van der Waals surface area contributed by atoms with Crippen LogP contribution in [0.15, 0.2) is 57.2 Å². The van der Waals surface area contributed by atoms with Crippen LogP contribution in [0.3, 0.4) is 0 Å². The van der Waals surface area contributed by atoms with Gasteiger partial charge in [-0.2, -0.15) is 0 Å². The second-order valence-corrected chi connectivity index (χ2v) is 8.35. The van der Waals surface area contributed by atoms with Crippen molar-refractivity contribution in [3.8, 4) is 0 Å². The van der Waals surface area contributed by atoms with Crippen LogP contribution in [0.25, 0.3) is 0 Å².